The highest BCUT2D eigenvalue weighted by Gasteiger charge is 2.26. The van der Waals surface area contributed by atoms with Gasteiger partial charge in [-0.3, -0.25) is 4.90 Å². The third-order valence-corrected chi connectivity index (χ3v) is 7.95. The molecule has 2 atom stereocenters. The molecule has 0 saturated carbocycles. The first-order chi connectivity index (χ1) is 17.8. The first-order valence-electron chi connectivity index (χ1n) is 13.7. The van der Waals surface area contributed by atoms with Crippen LogP contribution >= 0.6 is 0 Å². The first kappa shape index (κ1) is 27.2. The highest BCUT2D eigenvalue weighted by Crippen LogP contribution is 2.37. The number of hydrogen-bond acceptors (Lipinski definition) is 4. The summed E-state index contributed by atoms with van der Waals surface area (Å²) in [6, 6.07) is 21.0. The second kappa shape index (κ2) is 12.1. The quantitative estimate of drug-likeness (QED) is 0.272. The van der Waals surface area contributed by atoms with Crippen molar-refractivity contribution in [2.75, 3.05) is 34.4 Å². The Morgan fingerprint density at radius 1 is 0.838 bits per heavy atom. The molecule has 198 valence electrons. The maximum Gasteiger partial charge on any atom is 0.123 e. The lowest BCUT2D eigenvalue weighted by molar-refractivity contribution is 0.191. The molecular weight excluding hydrogens is 456 g/mol. The van der Waals surface area contributed by atoms with Gasteiger partial charge in [0.05, 0.1) is 13.7 Å². The van der Waals surface area contributed by atoms with E-state index in [4.69, 9.17) is 9.47 Å². The van der Waals surface area contributed by atoms with Gasteiger partial charge in [0.2, 0.25) is 0 Å². The summed E-state index contributed by atoms with van der Waals surface area (Å²) in [5.74, 6) is 1.92. The molecule has 0 unspecified atom stereocenters. The fraction of sp³-hybridized carbons (Fsp3) is 0.455. The van der Waals surface area contributed by atoms with Crippen molar-refractivity contribution in [3.63, 3.8) is 0 Å². The van der Waals surface area contributed by atoms with Crippen molar-refractivity contribution < 1.29 is 9.47 Å². The van der Waals surface area contributed by atoms with Gasteiger partial charge in [-0.1, -0.05) is 42.5 Å². The van der Waals surface area contributed by atoms with Crippen molar-refractivity contribution in [1.82, 2.24) is 9.80 Å². The number of nitrogens with zero attached hydrogens (tertiary/aromatic N) is 2. The fourth-order valence-corrected chi connectivity index (χ4v) is 5.80. The van der Waals surface area contributed by atoms with Gasteiger partial charge in [0.1, 0.15) is 11.5 Å². The highest BCUT2D eigenvalue weighted by atomic mass is 16.5. The van der Waals surface area contributed by atoms with Crippen LogP contribution in [0.4, 0.5) is 0 Å². The van der Waals surface area contributed by atoms with E-state index in [-0.39, 0.29) is 0 Å². The van der Waals surface area contributed by atoms with Gasteiger partial charge in [0.15, 0.2) is 0 Å². The fourth-order valence-electron chi connectivity index (χ4n) is 5.80. The molecule has 1 aliphatic rings. The summed E-state index contributed by atoms with van der Waals surface area (Å²) in [5.41, 5.74) is 8.54. The largest absolute Gasteiger partial charge is 0.496 e. The van der Waals surface area contributed by atoms with Gasteiger partial charge < -0.3 is 14.4 Å². The van der Waals surface area contributed by atoms with Crippen molar-refractivity contribution in [3.8, 4) is 33.8 Å². The molecule has 37 heavy (non-hydrogen) atoms. The van der Waals surface area contributed by atoms with Crippen molar-refractivity contribution in [2.45, 2.75) is 65.6 Å². The predicted octanol–water partition coefficient (Wildman–Crippen LogP) is 7.35. The van der Waals surface area contributed by atoms with E-state index in [0.717, 1.165) is 37.6 Å². The maximum atomic E-state index is 6.31. The van der Waals surface area contributed by atoms with E-state index < -0.39 is 0 Å². The van der Waals surface area contributed by atoms with Gasteiger partial charge in [0.25, 0.3) is 0 Å². The average molecular weight is 501 g/mol. The Morgan fingerprint density at radius 2 is 1.49 bits per heavy atom. The Kier molecular flexibility index (Phi) is 8.94. The molecule has 3 aromatic carbocycles. The molecule has 4 rings (SSSR count). The summed E-state index contributed by atoms with van der Waals surface area (Å²) in [6.45, 7) is 11.8. The Labute approximate surface area is 224 Å². The number of rotatable bonds is 10. The number of hydrogen-bond donors (Lipinski definition) is 0. The van der Waals surface area contributed by atoms with Gasteiger partial charge in [-0.05, 0) is 107 Å². The molecule has 0 N–H and O–H groups in total. The second-order valence-corrected chi connectivity index (χ2v) is 10.9. The van der Waals surface area contributed by atoms with Crippen LogP contribution < -0.4 is 9.47 Å². The number of methoxy groups -OCH3 is 1. The summed E-state index contributed by atoms with van der Waals surface area (Å²) in [6.07, 6.45) is 3.68. The number of likely N-dealkylation sites (tertiary alicyclic amines) is 1. The lowest BCUT2D eigenvalue weighted by Gasteiger charge is -2.25. The molecule has 0 radical (unpaired) electrons. The van der Waals surface area contributed by atoms with Crippen molar-refractivity contribution >= 4 is 0 Å². The van der Waals surface area contributed by atoms with Crippen LogP contribution in [0.2, 0.25) is 0 Å². The van der Waals surface area contributed by atoms with E-state index in [9.17, 15) is 0 Å². The van der Waals surface area contributed by atoms with E-state index in [1.54, 1.807) is 7.11 Å². The van der Waals surface area contributed by atoms with E-state index in [0.29, 0.717) is 12.1 Å². The highest BCUT2D eigenvalue weighted by molar-refractivity contribution is 5.81. The molecule has 0 bridgehead atoms. The minimum atomic E-state index is 0.694. The van der Waals surface area contributed by atoms with E-state index in [2.05, 4.69) is 106 Å². The van der Waals surface area contributed by atoms with E-state index in [1.807, 2.05) is 0 Å². The Bertz CT molecular complexity index is 1190. The normalized spacial score (nSPS) is 17.9. The molecular formula is C33H44N2O2. The molecule has 4 heteroatoms. The minimum absolute atomic E-state index is 0.694. The zero-order valence-corrected chi connectivity index (χ0v) is 23.8. The van der Waals surface area contributed by atoms with Gasteiger partial charge in [-0.2, -0.15) is 0 Å². The van der Waals surface area contributed by atoms with Crippen LogP contribution in [0.15, 0.2) is 54.6 Å². The zero-order chi connectivity index (χ0) is 26.5. The lowest BCUT2D eigenvalue weighted by atomic mass is 9.90. The smallest absolute Gasteiger partial charge is 0.123 e. The molecule has 1 aliphatic heterocycles. The van der Waals surface area contributed by atoms with Crippen LogP contribution in [-0.2, 0) is 6.54 Å². The van der Waals surface area contributed by atoms with E-state index >= 15 is 0 Å². The number of benzene rings is 3. The van der Waals surface area contributed by atoms with Crippen LogP contribution in [0.5, 0.6) is 11.5 Å². The third kappa shape index (κ3) is 6.19. The summed E-state index contributed by atoms with van der Waals surface area (Å²) >= 11 is 0. The van der Waals surface area contributed by atoms with Crippen molar-refractivity contribution in [3.05, 3.63) is 71.3 Å². The van der Waals surface area contributed by atoms with Gasteiger partial charge in [-0.15, -0.1) is 0 Å². The number of ether oxygens (including phenoxy) is 2. The molecule has 4 nitrogen and oxygen atoms in total. The van der Waals surface area contributed by atoms with Crippen LogP contribution in [0, 0.1) is 13.8 Å². The second-order valence-electron chi connectivity index (χ2n) is 10.9. The van der Waals surface area contributed by atoms with Crippen LogP contribution in [0.25, 0.3) is 22.3 Å². The summed E-state index contributed by atoms with van der Waals surface area (Å²) < 4.78 is 12.1. The summed E-state index contributed by atoms with van der Waals surface area (Å²) in [7, 11) is 5.91. The summed E-state index contributed by atoms with van der Waals surface area (Å²) in [5, 5.41) is 0. The molecule has 3 aromatic rings. The van der Waals surface area contributed by atoms with Crippen LogP contribution in [0.1, 0.15) is 49.8 Å². The topological polar surface area (TPSA) is 24.9 Å². The predicted molar refractivity (Wildman–Crippen MR) is 156 cm³/mol. The van der Waals surface area contributed by atoms with Gasteiger partial charge >= 0.3 is 0 Å². The Morgan fingerprint density at radius 3 is 2.16 bits per heavy atom. The molecule has 0 aliphatic carbocycles. The van der Waals surface area contributed by atoms with Crippen molar-refractivity contribution in [2.24, 2.45) is 0 Å². The average Bonchev–Trinajstić information content (AvgIpc) is 3.20. The molecule has 1 fully saturated rings. The lowest BCUT2D eigenvalue weighted by Crippen LogP contribution is -2.34. The molecule has 0 amide bonds. The summed E-state index contributed by atoms with van der Waals surface area (Å²) in [4.78, 5) is 4.79. The maximum absolute atomic E-state index is 6.31. The third-order valence-electron chi connectivity index (χ3n) is 7.95. The zero-order valence-electron chi connectivity index (χ0n) is 23.8. The Hall–Kier alpha value is -2.82. The molecule has 1 saturated heterocycles. The standard InChI is InChI=1S/C33H44N2O2/c1-23-15-16-24(2)35(23)19-10-20-37-32-14-9-13-31(26(32)4)30-12-8-11-29(25(30)3)27-17-18-28(22-34(5)6)33(21-27)36-7/h8-9,11-14,17-18,21,23-24H,10,15-16,19-20,22H2,1-7H3/t23-,24-/m1/s1. The van der Waals surface area contributed by atoms with Crippen LogP contribution in [0.3, 0.4) is 0 Å². The van der Waals surface area contributed by atoms with Gasteiger partial charge in [0, 0.05) is 30.7 Å². The Balaban J connectivity index is 1.53. The molecule has 0 aromatic heterocycles. The molecule has 1 heterocycles. The monoisotopic (exact) mass is 500 g/mol. The SMILES string of the molecule is COc1cc(-c2cccc(-c3cccc(OCCCN4[C@H](C)CC[C@H]4C)c3C)c2C)ccc1CN(C)C. The van der Waals surface area contributed by atoms with Crippen LogP contribution in [-0.4, -0.2) is 56.2 Å². The minimum Gasteiger partial charge on any atom is -0.496 e. The van der Waals surface area contributed by atoms with Gasteiger partial charge in [-0.25, -0.2) is 0 Å². The molecule has 0 spiro atoms. The van der Waals surface area contributed by atoms with E-state index in [1.165, 1.54) is 51.8 Å². The van der Waals surface area contributed by atoms with Crippen molar-refractivity contribution in [1.29, 1.82) is 0 Å². The first-order valence-corrected chi connectivity index (χ1v) is 13.7.